The van der Waals surface area contributed by atoms with Crippen molar-refractivity contribution in [1.82, 2.24) is 31.2 Å². The van der Waals surface area contributed by atoms with E-state index in [-0.39, 0.29) is 180 Å². The molecule has 4 unspecified atom stereocenters. The van der Waals surface area contributed by atoms with Gasteiger partial charge in [0.25, 0.3) is 11.7 Å². The number of aliphatic hydroxyl groups is 1. The van der Waals surface area contributed by atoms with Crippen LogP contribution in [-0.4, -0.2) is 292 Å². The maximum Gasteiger partial charge on any atom is 0.312 e. The molecule has 3 aromatic carbocycles. The molecular weight excluding hydrogens is 1770 g/mol. The van der Waals surface area contributed by atoms with Crippen LogP contribution >= 0.6 is 0 Å². The number of imide groups is 1. The van der Waals surface area contributed by atoms with Gasteiger partial charge in [0.05, 0.1) is 167 Å². The number of nitrogens with zero attached hydrogens (tertiary/aromatic N) is 3. The summed E-state index contributed by atoms with van der Waals surface area (Å²) in [5.74, 6) is -8.60. The average molecular weight is 1900 g/mol. The first-order valence-electron chi connectivity index (χ1n) is 46.8. The van der Waals surface area contributed by atoms with Crippen molar-refractivity contribution in [3.05, 3.63) is 117 Å². The van der Waals surface area contributed by atoms with E-state index in [4.69, 9.17) is 81.5 Å². The number of fused-ring (bicyclic) bond motifs is 14. The van der Waals surface area contributed by atoms with E-state index in [0.717, 1.165) is 12.0 Å². The summed E-state index contributed by atoms with van der Waals surface area (Å²) >= 11 is 0. The summed E-state index contributed by atoms with van der Waals surface area (Å²) < 4.78 is 88.7. The lowest BCUT2D eigenvalue weighted by atomic mass is 9.78. The third kappa shape index (κ3) is 27.1. The van der Waals surface area contributed by atoms with Crippen molar-refractivity contribution in [2.24, 2.45) is 59.0 Å². The number of ether oxygens (including phenoxy) is 14. The summed E-state index contributed by atoms with van der Waals surface area (Å²) in [4.78, 5) is 155. The molecule has 1 saturated carbocycles. The molecule has 38 nitrogen and oxygen atoms in total. The largest absolute Gasteiger partial charge is 0.507 e. The van der Waals surface area contributed by atoms with E-state index < -0.39 is 113 Å². The fraction of sp³-hybridized carbons (Fsp3) is 0.592. The molecule has 9 amide bonds. The number of aromatic nitrogens is 1. The highest BCUT2D eigenvalue weighted by Crippen LogP contribution is 2.57. The van der Waals surface area contributed by atoms with Gasteiger partial charge in [-0.2, -0.15) is 0 Å². The van der Waals surface area contributed by atoms with Crippen molar-refractivity contribution in [1.29, 1.82) is 0 Å². The number of aromatic hydroxyl groups is 1. The maximum atomic E-state index is 15.2. The highest BCUT2D eigenvalue weighted by Gasteiger charge is 2.61. The summed E-state index contributed by atoms with van der Waals surface area (Å²) in [6, 6.07) is 9.24. The minimum atomic E-state index is -2.11. The lowest BCUT2D eigenvalue weighted by molar-refractivity contribution is -0.903. The second-order valence-electron chi connectivity index (χ2n) is 36.7. The van der Waals surface area contributed by atoms with Crippen LogP contribution in [-0.2, 0) is 102 Å². The number of methoxy groups -OCH3 is 1. The number of rotatable bonds is 49. The van der Waals surface area contributed by atoms with Crippen molar-refractivity contribution in [2.45, 2.75) is 163 Å². The first-order valence-corrected chi connectivity index (χ1v) is 46.8. The Hall–Kier alpha value is -10.9. The smallest absolute Gasteiger partial charge is 0.312 e. The molecule has 3 aromatic rings. The van der Waals surface area contributed by atoms with E-state index >= 15 is 9.59 Å². The van der Waals surface area contributed by atoms with Crippen LogP contribution in [0.25, 0.3) is 33.3 Å². The molecule has 0 spiro atoms. The molecule has 10 N–H and O–H groups in total. The normalized spacial score (nSPS) is 23.9. The highest BCUT2D eigenvalue weighted by atomic mass is 16.7. The molecule has 9 bridgehead atoms. The third-order valence-electron chi connectivity index (χ3n) is 25.5. The molecule has 2 saturated heterocycles. The zero-order valence-electron chi connectivity index (χ0n) is 80.3. The summed E-state index contributed by atoms with van der Waals surface area (Å²) in [7, 11) is 5.46. The number of hydrogen-bond acceptors (Lipinski definition) is 29. The van der Waals surface area contributed by atoms with E-state index in [0.29, 0.717) is 127 Å². The number of likely N-dealkylation sites (tertiary alicyclic amines) is 1. The van der Waals surface area contributed by atoms with Crippen molar-refractivity contribution in [2.75, 3.05) is 170 Å². The van der Waals surface area contributed by atoms with Crippen LogP contribution in [0.2, 0.25) is 0 Å². The number of ketones is 1. The van der Waals surface area contributed by atoms with Gasteiger partial charge in [-0.1, -0.05) is 90.5 Å². The molecular formula is C98H135N10O28+. The summed E-state index contributed by atoms with van der Waals surface area (Å²) in [5.41, 5.74) is 6.98. The number of hydrogen-bond donors (Lipinski definition) is 9. The van der Waals surface area contributed by atoms with Gasteiger partial charge in [-0.25, -0.2) is 9.78 Å². The van der Waals surface area contributed by atoms with Crippen molar-refractivity contribution in [3.8, 4) is 28.7 Å². The van der Waals surface area contributed by atoms with Crippen LogP contribution in [0.3, 0.4) is 0 Å². The SMILES string of the molecule is CO[C@H]1/C=C/O[C@@]2(C)Oc3c(C)c(O)c4c(=O)c(c5oc6cc(OCC[N+](C)(C)Cc7ccc(NC(=O)[C@H](CCCNC(N)=O)NC(=O)[C@@H](NC(=O)CCOCCOCCOCCOCCOCCOCCOCCOCCNC(=O)CCN8C(=O)C9C%10C=C(C(C)C)C(C%10)C9C8=O)C(C)C)cc7)ccc6nc-5c4c3C2=O)NC(=O)/C(C)=C\C=C\[C@H](C)[C@@H]2O[C@H]([C@H](O)[C@@H]2C)[C@H](OC(C)=O)[C@@H]1C. The number of carbonyl (C=O) groups excluding carboxylic acids is 10. The van der Waals surface area contributed by atoms with Gasteiger partial charge < -0.3 is 123 Å². The minimum absolute atomic E-state index is 0.0183. The predicted octanol–water partition coefficient (Wildman–Crippen LogP) is 7.25. The van der Waals surface area contributed by atoms with E-state index in [1.165, 1.54) is 63.7 Å². The van der Waals surface area contributed by atoms with Gasteiger partial charge in [0.2, 0.25) is 40.9 Å². The van der Waals surface area contributed by atoms with Crippen molar-refractivity contribution in [3.63, 3.8) is 0 Å². The monoisotopic (exact) mass is 1900 g/mol. The number of allylic oxidation sites excluding steroid dienone is 4. The molecule has 6 heterocycles. The van der Waals surface area contributed by atoms with E-state index in [2.05, 4.69) is 51.8 Å². The fourth-order valence-corrected chi connectivity index (χ4v) is 18.1. The van der Waals surface area contributed by atoms with Crippen LogP contribution in [0.1, 0.15) is 123 Å². The summed E-state index contributed by atoms with van der Waals surface area (Å²) in [6.45, 7) is 25.8. The topological polar surface area (TPSA) is 485 Å². The number of aliphatic hydroxyl groups excluding tert-OH is 1. The molecule has 3 aliphatic carbocycles. The number of amides is 9. The number of urea groups is 1. The Morgan fingerprint density at radius 3 is 1.96 bits per heavy atom. The van der Waals surface area contributed by atoms with Crippen LogP contribution < -0.4 is 52.5 Å². The number of anilines is 2. The molecule has 0 aromatic heterocycles. The number of esters is 1. The number of quaternary nitrogens is 1. The average Bonchev–Trinajstić information content (AvgIpc) is 1.46. The maximum absolute atomic E-state index is 15.2. The minimum Gasteiger partial charge on any atom is -0.507 e. The quantitative estimate of drug-likeness (QED) is 0.00352. The molecule has 136 heavy (non-hydrogen) atoms. The Morgan fingerprint density at radius 1 is 0.728 bits per heavy atom. The predicted molar refractivity (Wildman–Crippen MR) is 498 cm³/mol. The van der Waals surface area contributed by atoms with Gasteiger partial charge in [-0.05, 0) is 87.1 Å². The zero-order valence-corrected chi connectivity index (χ0v) is 80.3. The van der Waals surface area contributed by atoms with Gasteiger partial charge in [0.15, 0.2) is 11.3 Å². The lowest BCUT2D eigenvalue weighted by Crippen LogP contribution is -2.54. The molecule has 15 atom stereocenters. The van der Waals surface area contributed by atoms with Crippen LogP contribution in [0, 0.1) is 60.2 Å². The summed E-state index contributed by atoms with van der Waals surface area (Å²) in [6.07, 6.45) is 6.66. The molecule has 38 heteroatoms. The number of likely N-dealkylation sites (N-methyl/N-ethyl adjacent to an activating group) is 1. The second-order valence-corrected chi connectivity index (χ2v) is 36.7. The number of carbonyl (C=O) groups is 10. The number of nitrogens with two attached hydrogens (primary N) is 1. The molecule has 12 rings (SSSR count). The van der Waals surface area contributed by atoms with Gasteiger partial charge >= 0.3 is 17.8 Å². The lowest BCUT2D eigenvalue weighted by Gasteiger charge is -2.33. The molecule has 0 radical (unpaired) electrons. The first kappa shape index (κ1) is 106. The Labute approximate surface area is 791 Å². The van der Waals surface area contributed by atoms with E-state index in [1.807, 2.05) is 40.1 Å². The zero-order chi connectivity index (χ0) is 98.2. The Balaban J connectivity index is 0.576. The first-order chi connectivity index (χ1) is 65.0. The molecule has 3 fully saturated rings. The number of phenolic OH excluding ortho intramolecular Hbond substituents is 1. The number of primary amides is 1. The number of Topliss-reactive ketones (excluding diaryl/α,β-unsaturated/α-hetero) is 1. The Bertz CT molecular complexity index is 5190. The second kappa shape index (κ2) is 49.4. The highest BCUT2D eigenvalue weighted by molar-refractivity contribution is 6.22. The van der Waals surface area contributed by atoms with Gasteiger partial charge in [0, 0.05) is 105 Å². The molecule has 6 aliphatic heterocycles. The fourth-order valence-electron chi connectivity index (χ4n) is 18.1. The third-order valence-corrected chi connectivity index (χ3v) is 25.5. The van der Waals surface area contributed by atoms with Crippen LogP contribution in [0.4, 0.5) is 16.2 Å². The van der Waals surface area contributed by atoms with E-state index in [9.17, 15) is 53.4 Å². The van der Waals surface area contributed by atoms with Gasteiger partial charge in [0.1, 0.15) is 78.1 Å². The Kier molecular flexibility index (Phi) is 38.4. The standard InChI is InChI=1S/C98H134N10O28/c1-55(2)67-51-64-52-68(67)76-75(64)95(119)107(96(76)120)31-26-73(110)100-30-35-124-38-40-126-42-44-128-46-48-130-50-49-129-47-45-127-43-41-125-39-37-123-33-28-74(111)105-80(56(3)4)94(118)104-70(19-16-29-101-97(99)121)93(117)102-65-22-20-63(21-23-65)54-108(12,13)32-36-131-66-24-25-69-72(53-66)134-89-81(103-69)77-78-83(112)60(8)87-79(77)91(115)98(11,136-87)132-34-27-71(122-14)59(7)88(133-62(10)109)90-84(113)61(9)86(135-90)57(5)17-15-18-58(6)92(116)106-82(89)85(78)114/h15,17-18,20-25,27,34,51,53,55-57,59,61,64,68,70-71,75-76,80,84,86,88,90,113H,16,19,26,28-33,35-50,52,54H2,1-14H3,(H8-,99,100,101,102,103,104,105,106,110,111,112,114,115,116,117,118,121)/p+1/b17-15+,34-27+,58-18-/t57-,59+,61-,64?,68?,70-,71-,75?,76?,80-,84+,86-,88+,90+,98-/m0/s1. The number of phenols is 1. The van der Waals surface area contributed by atoms with Crippen LogP contribution in [0.15, 0.2) is 99.5 Å². The molecule has 9 aliphatic rings. The van der Waals surface area contributed by atoms with Gasteiger partial charge in [-0.3, -0.25) is 52.8 Å². The molecule has 744 valence electrons. The van der Waals surface area contributed by atoms with E-state index in [1.54, 1.807) is 63.3 Å². The van der Waals surface area contributed by atoms with Crippen molar-refractivity contribution >= 4 is 92.4 Å². The summed E-state index contributed by atoms with van der Waals surface area (Å²) in [5, 5.41) is 39.8. The van der Waals surface area contributed by atoms with Gasteiger partial charge in [-0.15, -0.1) is 0 Å². The number of benzene rings is 4. The van der Waals surface area contributed by atoms with Crippen LogP contribution in [0.5, 0.6) is 17.2 Å². The Morgan fingerprint density at radius 2 is 1.35 bits per heavy atom. The van der Waals surface area contributed by atoms with Crippen molar-refractivity contribution < 1.29 is 133 Å². The number of nitrogens with one attached hydrogen (secondary N) is 6.